The van der Waals surface area contributed by atoms with Crippen LogP contribution in [0.4, 0.5) is 10.2 Å². The van der Waals surface area contributed by atoms with Gasteiger partial charge in [-0.05, 0) is 81.5 Å². The van der Waals surface area contributed by atoms with Crippen LogP contribution < -0.4 is 5.32 Å². The molecule has 4 rings (SSSR count). The van der Waals surface area contributed by atoms with Gasteiger partial charge in [0.05, 0.1) is 6.67 Å². The molecular formula is C30H38FN5O2. The molecule has 1 aliphatic carbocycles. The molecule has 38 heavy (non-hydrogen) atoms. The van der Waals surface area contributed by atoms with E-state index in [0.717, 1.165) is 55.5 Å². The van der Waals surface area contributed by atoms with Crippen molar-refractivity contribution in [3.63, 3.8) is 0 Å². The van der Waals surface area contributed by atoms with Crippen molar-refractivity contribution in [2.24, 2.45) is 0 Å². The molecule has 3 aromatic rings. The first-order valence-electron chi connectivity index (χ1n) is 13.7. The number of benzene rings is 1. The Bertz CT molecular complexity index is 1160. The Morgan fingerprint density at radius 1 is 1.03 bits per heavy atom. The molecule has 8 heteroatoms. The summed E-state index contributed by atoms with van der Waals surface area (Å²) in [4.78, 5) is 27.6. The van der Waals surface area contributed by atoms with Gasteiger partial charge in [-0.3, -0.25) is 9.37 Å². The number of carboxylic acid groups (broad SMARTS) is 1. The minimum atomic E-state index is -0.938. The fourth-order valence-electron chi connectivity index (χ4n) is 5.03. The highest BCUT2D eigenvalue weighted by atomic mass is 19.1. The predicted octanol–water partition coefficient (Wildman–Crippen LogP) is 5.36. The summed E-state index contributed by atoms with van der Waals surface area (Å²) in [6, 6.07) is 13.2. The quantitative estimate of drug-likeness (QED) is 0.261. The van der Waals surface area contributed by atoms with Crippen molar-refractivity contribution >= 4 is 11.8 Å². The standard InChI is InChI=1S/C30H38FN5O2/c31-17-8-19-36(18-7-6-12-25-15-14-24-11-4-5-13-27(24)34-25)20-16-28(30(37)38)35-29-26(21-32-22-33-29)23-9-2-1-3-10-23/h1-3,9-10,14-15,21-22,28H,4-8,11-13,16-20H2,(H,37,38)(H,32,33,35)/t28-/m0/s1. The molecule has 2 N–H and O–H groups in total. The van der Waals surface area contributed by atoms with Gasteiger partial charge >= 0.3 is 5.97 Å². The van der Waals surface area contributed by atoms with Crippen LogP contribution in [0, 0.1) is 0 Å². The number of carboxylic acids is 1. The molecule has 1 aliphatic rings. The molecule has 1 aromatic carbocycles. The third kappa shape index (κ3) is 8.05. The summed E-state index contributed by atoms with van der Waals surface area (Å²) < 4.78 is 13.0. The Morgan fingerprint density at radius 3 is 2.66 bits per heavy atom. The normalized spacial score (nSPS) is 13.7. The monoisotopic (exact) mass is 519 g/mol. The van der Waals surface area contributed by atoms with Crippen molar-refractivity contribution in [1.82, 2.24) is 19.9 Å². The van der Waals surface area contributed by atoms with E-state index in [1.165, 1.54) is 30.4 Å². The first kappa shape index (κ1) is 27.6. The summed E-state index contributed by atoms with van der Waals surface area (Å²) in [5, 5.41) is 13.0. The number of rotatable bonds is 15. The van der Waals surface area contributed by atoms with E-state index in [9.17, 15) is 14.3 Å². The SMILES string of the molecule is O=C(O)[C@H](CCN(CCCF)CCCCc1ccc2c(n1)CCCC2)Nc1ncncc1-c1ccccc1. The average molecular weight is 520 g/mol. The number of alkyl halides is 1. The van der Waals surface area contributed by atoms with Crippen LogP contribution in [0.2, 0.25) is 0 Å². The lowest BCUT2D eigenvalue weighted by molar-refractivity contribution is -0.138. The molecule has 202 valence electrons. The summed E-state index contributed by atoms with van der Waals surface area (Å²) in [6.07, 6.45) is 11.5. The van der Waals surface area contributed by atoms with Crippen molar-refractivity contribution in [2.45, 2.75) is 63.8 Å². The number of unbranched alkanes of at least 4 members (excludes halogenated alkanes) is 1. The Balaban J connectivity index is 1.30. The molecule has 0 aliphatic heterocycles. The van der Waals surface area contributed by atoms with Gasteiger partial charge in [0.1, 0.15) is 18.2 Å². The number of aryl methyl sites for hydroxylation is 3. The number of pyridine rings is 1. The van der Waals surface area contributed by atoms with Crippen molar-refractivity contribution in [1.29, 1.82) is 0 Å². The maximum atomic E-state index is 13.0. The number of anilines is 1. The highest BCUT2D eigenvalue weighted by Crippen LogP contribution is 2.26. The van der Waals surface area contributed by atoms with E-state index < -0.39 is 12.0 Å². The molecule has 0 amide bonds. The van der Waals surface area contributed by atoms with Crippen LogP contribution in [0.15, 0.2) is 55.0 Å². The molecule has 1 atom stereocenters. The molecule has 0 saturated heterocycles. The van der Waals surface area contributed by atoms with Gasteiger partial charge < -0.3 is 15.3 Å². The van der Waals surface area contributed by atoms with Gasteiger partial charge in [0.2, 0.25) is 0 Å². The van der Waals surface area contributed by atoms with Crippen LogP contribution in [0.3, 0.4) is 0 Å². The fourth-order valence-corrected chi connectivity index (χ4v) is 5.03. The van der Waals surface area contributed by atoms with Crippen LogP contribution in [-0.4, -0.2) is 63.3 Å². The van der Waals surface area contributed by atoms with Gasteiger partial charge in [-0.25, -0.2) is 14.8 Å². The molecule has 0 unspecified atom stereocenters. The fraction of sp³-hybridized carbons (Fsp3) is 0.467. The topological polar surface area (TPSA) is 91.2 Å². The Morgan fingerprint density at radius 2 is 1.84 bits per heavy atom. The summed E-state index contributed by atoms with van der Waals surface area (Å²) in [7, 11) is 0. The van der Waals surface area contributed by atoms with Crippen LogP contribution >= 0.6 is 0 Å². The van der Waals surface area contributed by atoms with E-state index >= 15 is 0 Å². The number of hydrogen-bond acceptors (Lipinski definition) is 6. The van der Waals surface area contributed by atoms with E-state index in [4.69, 9.17) is 4.98 Å². The zero-order chi connectivity index (χ0) is 26.6. The van der Waals surface area contributed by atoms with Gasteiger partial charge in [0.25, 0.3) is 0 Å². The second-order valence-corrected chi connectivity index (χ2v) is 9.93. The number of carbonyl (C=O) groups is 1. The third-order valence-corrected chi connectivity index (χ3v) is 7.14. The second kappa shape index (κ2) is 14.5. The molecule has 0 spiro atoms. The van der Waals surface area contributed by atoms with Gasteiger partial charge in [0.15, 0.2) is 0 Å². The first-order chi connectivity index (χ1) is 18.6. The molecule has 2 heterocycles. The number of hydrogen-bond donors (Lipinski definition) is 2. The lowest BCUT2D eigenvalue weighted by Gasteiger charge is -2.24. The highest BCUT2D eigenvalue weighted by molar-refractivity contribution is 5.81. The molecule has 0 bridgehead atoms. The number of nitrogens with zero attached hydrogens (tertiary/aromatic N) is 4. The number of halogens is 1. The van der Waals surface area contributed by atoms with E-state index in [1.807, 2.05) is 30.3 Å². The van der Waals surface area contributed by atoms with Crippen molar-refractivity contribution < 1.29 is 14.3 Å². The minimum Gasteiger partial charge on any atom is -0.480 e. The number of aliphatic carboxylic acids is 1. The molecular weight excluding hydrogens is 481 g/mol. The van der Waals surface area contributed by atoms with E-state index in [0.29, 0.717) is 31.7 Å². The van der Waals surface area contributed by atoms with E-state index in [-0.39, 0.29) is 6.67 Å². The third-order valence-electron chi connectivity index (χ3n) is 7.14. The van der Waals surface area contributed by atoms with Gasteiger partial charge in [-0.15, -0.1) is 0 Å². The smallest absolute Gasteiger partial charge is 0.326 e. The summed E-state index contributed by atoms with van der Waals surface area (Å²) in [5.41, 5.74) is 5.49. The van der Waals surface area contributed by atoms with Crippen LogP contribution in [0.25, 0.3) is 11.1 Å². The van der Waals surface area contributed by atoms with Gasteiger partial charge in [0, 0.05) is 36.2 Å². The molecule has 2 aromatic heterocycles. The minimum absolute atomic E-state index is 0.377. The average Bonchev–Trinajstić information content (AvgIpc) is 2.96. The lowest BCUT2D eigenvalue weighted by atomic mass is 9.95. The van der Waals surface area contributed by atoms with Crippen LogP contribution in [0.5, 0.6) is 0 Å². The van der Waals surface area contributed by atoms with Crippen LogP contribution in [0.1, 0.15) is 55.5 Å². The van der Waals surface area contributed by atoms with E-state index in [1.54, 1.807) is 6.20 Å². The van der Waals surface area contributed by atoms with Crippen molar-refractivity contribution in [3.8, 4) is 11.1 Å². The summed E-state index contributed by atoms with van der Waals surface area (Å²) in [6.45, 7) is 1.60. The largest absolute Gasteiger partial charge is 0.480 e. The van der Waals surface area contributed by atoms with Crippen molar-refractivity contribution in [3.05, 3.63) is 71.9 Å². The maximum Gasteiger partial charge on any atom is 0.326 e. The molecule has 0 radical (unpaired) electrons. The molecule has 0 saturated carbocycles. The highest BCUT2D eigenvalue weighted by Gasteiger charge is 2.21. The second-order valence-electron chi connectivity index (χ2n) is 9.93. The van der Waals surface area contributed by atoms with E-state index in [2.05, 4.69) is 32.3 Å². The van der Waals surface area contributed by atoms with Crippen molar-refractivity contribution in [2.75, 3.05) is 31.6 Å². The van der Waals surface area contributed by atoms with Crippen LogP contribution in [-0.2, 0) is 24.1 Å². The number of fused-ring (bicyclic) bond motifs is 1. The number of aromatic nitrogens is 3. The molecule has 7 nitrogen and oxygen atoms in total. The Labute approximate surface area is 224 Å². The lowest BCUT2D eigenvalue weighted by Crippen LogP contribution is -2.36. The van der Waals surface area contributed by atoms with Gasteiger partial charge in [-0.2, -0.15) is 0 Å². The van der Waals surface area contributed by atoms with Gasteiger partial charge in [-0.1, -0.05) is 36.4 Å². The Kier molecular flexibility index (Phi) is 10.6. The summed E-state index contributed by atoms with van der Waals surface area (Å²) in [5.74, 6) is -0.446. The maximum absolute atomic E-state index is 13.0. The molecule has 0 fully saturated rings. The predicted molar refractivity (Wildman–Crippen MR) is 148 cm³/mol. The summed E-state index contributed by atoms with van der Waals surface area (Å²) >= 11 is 0. The Hall–Kier alpha value is -3.39. The first-order valence-corrected chi connectivity index (χ1v) is 13.7. The zero-order valence-electron chi connectivity index (χ0n) is 22.0. The number of nitrogens with one attached hydrogen (secondary N) is 1. The zero-order valence-corrected chi connectivity index (χ0v) is 22.0.